The van der Waals surface area contributed by atoms with Gasteiger partial charge in [0.05, 0.1) is 7.11 Å². The molecule has 0 atom stereocenters. The fraction of sp³-hybridized carbons (Fsp3) is 0.143. The van der Waals surface area contributed by atoms with E-state index in [0.29, 0.717) is 5.69 Å². The van der Waals surface area contributed by atoms with Gasteiger partial charge in [-0.15, -0.1) is 5.69 Å². The molecule has 3 heteroatoms. The van der Waals surface area contributed by atoms with Crippen molar-refractivity contribution in [1.82, 2.24) is 0 Å². The summed E-state index contributed by atoms with van der Waals surface area (Å²) in [6.07, 6.45) is 0. The van der Waals surface area contributed by atoms with Gasteiger partial charge in [-0.05, 0) is 12.1 Å². The van der Waals surface area contributed by atoms with E-state index in [-0.39, 0.29) is 18.9 Å². The molecule has 48 valence electrons. The maximum Gasteiger partial charge on any atom is 1.00 e. The maximum absolute atomic E-state index is 7.16. The van der Waals surface area contributed by atoms with Crippen molar-refractivity contribution in [2.24, 2.45) is 0 Å². The predicted molar refractivity (Wildman–Crippen MR) is 37.0 cm³/mol. The Morgan fingerprint density at radius 2 is 2.10 bits per heavy atom. The maximum atomic E-state index is 7.16. The van der Waals surface area contributed by atoms with Crippen LogP contribution in [0.2, 0.25) is 0 Å². The van der Waals surface area contributed by atoms with E-state index in [2.05, 4.69) is 0 Å². The average Bonchev–Trinajstić information content (AvgIpc) is 1.88. The molecular formula is C7H8LiNO. The summed E-state index contributed by atoms with van der Waals surface area (Å²) < 4.78 is 4.88. The SMILES string of the molecule is COc1cccc([NH-])c1.[Li+]. The molecule has 0 unspecified atom stereocenters. The van der Waals surface area contributed by atoms with Crippen LogP contribution in [0.1, 0.15) is 0 Å². The summed E-state index contributed by atoms with van der Waals surface area (Å²) >= 11 is 0. The van der Waals surface area contributed by atoms with E-state index >= 15 is 0 Å². The molecule has 0 aliphatic rings. The Kier molecular flexibility index (Phi) is 4.02. The topological polar surface area (TPSA) is 33.0 Å². The second kappa shape index (κ2) is 4.27. The Bertz CT molecular complexity index is 203. The van der Waals surface area contributed by atoms with Crippen LogP contribution in [0.25, 0.3) is 5.73 Å². The fourth-order valence-corrected chi connectivity index (χ4v) is 0.623. The summed E-state index contributed by atoms with van der Waals surface area (Å²) in [7, 11) is 1.59. The molecule has 0 aliphatic heterocycles. The Hall–Kier alpha value is -0.583. The van der Waals surface area contributed by atoms with E-state index in [1.165, 1.54) is 0 Å². The summed E-state index contributed by atoms with van der Waals surface area (Å²) in [4.78, 5) is 0. The van der Waals surface area contributed by atoms with Gasteiger partial charge < -0.3 is 10.5 Å². The molecule has 0 aromatic heterocycles. The summed E-state index contributed by atoms with van der Waals surface area (Å²) in [5, 5.41) is 0. The van der Waals surface area contributed by atoms with E-state index in [1.54, 1.807) is 25.3 Å². The molecule has 1 N–H and O–H groups in total. The van der Waals surface area contributed by atoms with Crippen LogP contribution in [0.5, 0.6) is 5.75 Å². The minimum Gasteiger partial charge on any atom is -0.699 e. The zero-order chi connectivity index (χ0) is 6.69. The van der Waals surface area contributed by atoms with Gasteiger partial charge in [0.25, 0.3) is 0 Å². The normalized spacial score (nSPS) is 8.10. The second-order valence-corrected chi connectivity index (χ2v) is 1.73. The Morgan fingerprint density at radius 1 is 1.40 bits per heavy atom. The van der Waals surface area contributed by atoms with Crippen LogP contribution in [0, 0.1) is 0 Å². The minimum absolute atomic E-state index is 0. The summed E-state index contributed by atoms with van der Waals surface area (Å²) in [5.41, 5.74) is 7.64. The molecule has 0 amide bonds. The molecule has 10 heavy (non-hydrogen) atoms. The van der Waals surface area contributed by atoms with Gasteiger partial charge >= 0.3 is 18.9 Å². The van der Waals surface area contributed by atoms with Crippen molar-refractivity contribution in [2.75, 3.05) is 7.11 Å². The van der Waals surface area contributed by atoms with Crippen LogP contribution < -0.4 is 23.6 Å². The third kappa shape index (κ3) is 2.34. The van der Waals surface area contributed by atoms with E-state index in [1.807, 2.05) is 6.07 Å². The van der Waals surface area contributed by atoms with Crippen LogP contribution in [-0.4, -0.2) is 7.11 Å². The minimum atomic E-state index is 0. The van der Waals surface area contributed by atoms with E-state index < -0.39 is 0 Å². The number of methoxy groups -OCH3 is 1. The van der Waals surface area contributed by atoms with Gasteiger partial charge in [0.2, 0.25) is 0 Å². The second-order valence-electron chi connectivity index (χ2n) is 1.73. The molecule has 0 saturated heterocycles. The molecule has 2 nitrogen and oxygen atoms in total. The van der Waals surface area contributed by atoms with Gasteiger partial charge in [0.15, 0.2) is 0 Å². The van der Waals surface area contributed by atoms with Crippen LogP contribution in [0.3, 0.4) is 0 Å². The molecule has 0 aliphatic carbocycles. The molecule has 1 aromatic carbocycles. The van der Waals surface area contributed by atoms with E-state index in [9.17, 15) is 0 Å². The summed E-state index contributed by atoms with van der Waals surface area (Å²) in [6.45, 7) is 0. The van der Waals surface area contributed by atoms with Crippen molar-refractivity contribution in [2.45, 2.75) is 0 Å². The average molecular weight is 129 g/mol. The van der Waals surface area contributed by atoms with Crippen molar-refractivity contribution in [3.8, 4) is 5.75 Å². The van der Waals surface area contributed by atoms with Gasteiger partial charge in [-0.2, -0.15) is 0 Å². The van der Waals surface area contributed by atoms with Crippen molar-refractivity contribution in [1.29, 1.82) is 0 Å². The molecule has 1 rings (SSSR count). The van der Waals surface area contributed by atoms with Gasteiger partial charge in [0, 0.05) is 0 Å². The molecule has 0 heterocycles. The van der Waals surface area contributed by atoms with Crippen LogP contribution in [0.15, 0.2) is 24.3 Å². The summed E-state index contributed by atoms with van der Waals surface area (Å²) in [5.74, 6) is 0.738. The number of hydrogen-bond donors (Lipinski definition) is 0. The quantitative estimate of drug-likeness (QED) is 0.465. The Morgan fingerprint density at radius 3 is 2.50 bits per heavy atom. The molecule has 0 radical (unpaired) electrons. The van der Waals surface area contributed by atoms with Gasteiger partial charge in [0.1, 0.15) is 5.75 Å². The number of ether oxygens (including phenoxy) is 1. The molecule has 0 saturated carbocycles. The molecule has 0 fully saturated rings. The van der Waals surface area contributed by atoms with Crippen molar-refractivity contribution < 1.29 is 23.6 Å². The Balaban J connectivity index is 0.000000810. The van der Waals surface area contributed by atoms with Crippen LogP contribution >= 0.6 is 0 Å². The van der Waals surface area contributed by atoms with Gasteiger partial charge in [-0.3, -0.25) is 0 Å². The van der Waals surface area contributed by atoms with Gasteiger partial charge in [-0.1, -0.05) is 12.1 Å². The zero-order valence-corrected chi connectivity index (χ0v) is 6.22. The van der Waals surface area contributed by atoms with E-state index in [4.69, 9.17) is 10.5 Å². The number of nitrogens with one attached hydrogen (secondary N) is 1. The zero-order valence-electron chi connectivity index (χ0n) is 6.22. The van der Waals surface area contributed by atoms with Crippen LogP contribution in [0.4, 0.5) is 5.69 Å². The molecule has 0 bridgehead atoms. The third-order valence-corrected chi connectivity index (χ3v) is 1.07. The molecule has 1 aromatic rings. The van der Waals surface area contributed by atoms with E-state index in [0.717, 1.165) is 5.75 Å². The first-order valence-electron chi connectivity index (χ1n) is 2.68. The smallest absolute Gasteiger partial charge is 0.699 e. The van der Waals surface area contributed by atoms with Crippen molar-refractivity contribution >= 4 is 5.69 Å². The first kappa shape index (κ1) is 9.42. The number of rotatable bonds is 1. The molecular weight excluding hydrogens is 121 g/mol. The van der Waals surface area contributed by atoms with Crippen LogP contribution in [-0.2, 0) is 0 Å². The van der Waals surface area contributed by atoms with Crippen molar-refractivity contribution in [3.05, 3.63) is 30.0 Å². The predicted octanol–water partition coefficient (Wildman–Crippen LogP) is -0.617. The summed E-state index contributed by atoms with van der Waals surface area (Å²) in [6, 6.07) is 6.99. The number of benzene rings is 1. The monoisotopic (exact) mass is 129 g/mol. The van der Waals surface area contributed by atoms with Gasteiger partial charge in [-0.25, -0.2) is 0 Å². The first-order chi connectivity index (χ1) is 4.33. The largest absolute Gasteiger partial charge is 1.00 e. The first-order valence-corrected chi connectivity index (χ1v) is 2.68. The standard InChI is InChI=1S/C7H8NO.Li/c1-9-7-4-2-3-6(8)5-7;/h2-5,8H,1H3;/q-1;+1. The number of hydrogen-bond acceptors (Lipinski definition) is 1. The molecule has 0 spiro atoms. The fourth-order valence-electron chi connectivity index (χ4n) is 0.623. The van der Waals surface area contributed by atoms with Crippen molar-refractivity contribution in [3.63, 3.8) is 0 Å². The Labute approximate surface area is 72.5 Å². The third-order valence-electron chi connectivity index (χ3n) is 1.07.